The Morgan fingerprint density at radius 1 is 1.39 bits per heavy atom. The van der Waals surface area contributed by atoms with E-state index in [-0.39, 0.29) is 13.2 Å². The zero-order valence-electron chi connectivity index (χ0n) is 12.6. The minimum Gasteiger partial charge on any atom is -0.480 e. The summed E-state index contributed by atoms with van der Waals surface area (Å²) in [5, 5.41) is 9.28. The number of hydrogen-bond donors (Lipinski definition) is 1. The summed E-state index contributed by atoms with van der Waals surface area (Å²) in [7, 11) is -4.41. The van der Waals surface area contributed by atoms with Gasteiger partial charge in [0.15, 0.2) is 0 Å². The highest BCUT2D eigenvalue weighted by Gasteiger charge is 2.44. The predicted octanol–water partition coefficient (Wildman–Crippen LogP) is 1.66. The van der Waals surface area contributed by atoms with E-state index in [1.165, 1.54) is 19.1 Å². The fourth-order valence-electron chi connectivity index (χ4n) is 2.57. The first-order valence-corrected chi connectivity index (χ1v) is 8.34. The van der Waals surface area contributed by atoms with E-state index in [0.717, 1.165) is 12.1 Å². The normalized spacial score (nSPS) is 23.7. The zero-order valence-corrected chi connectivity index (χ0v) is 13.4. The molecule has 1 N–H and O–H groups in total. The fourth-order valence-corrected chi connectivity index (χ4v) is 4.47. The number of morpholine rings is 1. The summed E-state index contributed by atoms with van der Waals surface area (Å²) in [4.78, 5) is 10.8. The zero-order chi connectivity index (χ0) is 17.4. The second kappa shape index (κ2) is 6.14. The molecule has 1 heterocycles. The summed E-state index contributed by atoms with van der Waals surface area (Å²) in [6.45, 7) is 1.81. The lowest BCUT2D eigenvalue weighted by Gasteiger charge is -2.36. The third kappa shape index (κ3) is 3.36. The van der Waals surface area contributed by atoms with Crippen LogP contribution in [0.1, 0.15) is 19.4 Å². The Balaban J connectivity index is 2.56. The summed E-state index contributed by atoms with van der Waals surface area (Å²) in [6, 6.07) is 3.24. The van der Waals surface area contributed by atoms with Gasteiger partial charge in [-0.2, -0.15) is 4.31 Å². The van der Waals surface area contributed by atoms with Crippen molar-refractivity contribution in [3.8, 4) is 0 Å². The third-order valence-electron chi connectivity index (χ3n) is 3.65. The molecule has 0 amide bonds. The first-order valence-electron chi connectivity index (χ1n) is 6.90. The van der Waals surface area contributed by atoms with Gasteiger partial charge < -0.3 is 9.84 Å². The standard InChI is InChI=1S/C14H17F2NO5S/c1-9-12(13(18)19)17(7-8-22-9)23(20,21)11-6-4-3-5-10(11)14(2,15)16/h3-6,9,12H,7-8H2,1-2H3,(H,18,19)/t9-,12+/m0/s1. The molecule has 0 aliphatic carbocycles. The van der Waals surface area contributed by atoms with Gasteiger partial charge >= 0.3 is 5.97 Å². The molecule has 128 valence electrons. The number of alkyl halides is 2. The van der Waals surface area contributed by atoms with Crippen LogP contribution >= 0.6 is 0 Å². The molecule has 0 bridgehead atoms. The number of nitrogens with zero attached hydrogens (tertiary/aromatic N) is 1. The quantitative estimate of drug-likeness (QED) is 0.894. The molecule has 1 aromatic carbocycles. The Hall–Kier alpha value is -1.58. The Kier molecular flexibility index (Phi) is 4.74. The molecule has 0 radical (unpaired) electrons. The number of halogens is 2. The molecule has 0 saturated carbocycles. The Bertz CT molecular complexity index is 701. The molecule has 23 heavy (non-hydrogen) atoms. The number of carbonyl (C=O) groups is 1. The SMILES string of the molecule is C[C@@H]1OCCN(S(=O)(=O)c2ccccc2C(C)(F)F)[C@H]1C(=O)O. The summed E-state index contributed by atoms with van der Waals surface area (Å²) in [6.07, 6.45) is -0.884. The molecule has 0 aromatic heterocycles. The van der Waals surface area contributed by atoms with Crippen molar-refractivity contribution in [2.45, 2.75) is 36.8 Å². The lowest BCUT2D eigenvalue weighted by Crippen LogP contribution is -2.56. The Labute approximate surface area is 132 Å². The third-order valence-corrected chi connectivity index (χ3v) is 5.59. The predicted molar refractivity (Wildman–Crippen MR) is 76.7 cm³/mol. The van der Waals surface area contributed by atoms with Crippen LogP contribution in [0.2, 0.25) is 0 Å². The van der Waals surface area contributed by atoms with Gasteiger partial charge in [-0.15, -0.1) is 0 Å². The number of benzene rings is 1. The Morgan fingerprint density at radius 2 is 2.00 bits per heavy atom. The number of aliphatic carboxylic acids is 1. The van der Waals surface area contributed by atoms with E-state index in [2.05, 4.69) is 0 Å². The summed E-state index contributed by atoms with van der Waals surface area (Å²) < 4.78 is 58.9. The molecular formula is C14H17F2NO5S. The lowest BCUT2D eigenvalue weighted by atomic mass is 10.1. The van der Waals surface area contributed by atoms with E-state index in [4.69, 9.17) is 4.74 Å². The summed E-state index contributed by atoms with van der Waals surface area (Å²) >= 11 is 0. The van der Waals surface area contributed by atoms with Gasteiger partial charge in [0, 0.05) is 19.0 Å². The fraction of sp³-hybridized carbons (Fsp3) is 0.500. The highest BCUT2D eigenvalue weighted by Crippen LogP contribution is 2.34. The molecule has 2 rings (SSSR count). The molecule has 1 saturated heterocycles. The van der Waals surface area contributed by atoms with Gasteiger partial charge in [-0.05, 0) is 13.0 Å². The van der Waals surface area contributed by atoms with Gasteiger partial charge in [0.2, 0.25) is 10.0 Å². The van der Waals surface area contributed by atoms with Crippen molar-refractivity contribution >= 4 is 16.0 Å². The molecule has 1 aliphatic heterocycles. The molecule has 0 spiro atoms. The van der Waals surface area contributed by atoms with Crippen molar-refractivity contribution in [1.29, 1.82) is 0 Å². The average Bonchev–Trinajstić information content (AvgIpc) is 2.45. The van der Waals surface area contributed by atoms with E-state index < -0.39 is 44.5 Å². The van der Waals surface area contributed by atoms with Gasteiger partial charge in [-0.25, -0.2) is 17.2 Å². The smallest absolute Gasteiger partial charge is 0.324 e. The van der Waals surface area contributed by atoms with Gasteiger partial charge in [-0.3, -0.25) is 4.79 Å². The van der Waals surface area contributed by atoms with E-state index in [1.807, 2.05) is 0 Å². The Morgan fingerprint density at radius 3 is 2.57 bits per heavy atom. The van der Waals surface area contributed by atoms with Crippen molar-refractivity contribution in [3.63, 3.8) is 0 Å². The minimum absolute atomic E-state index is 0.00510. The highest BCUT2D eigenvalue weighted by atomic mass is 32.2. The number of ether oxygens (including phenoxy) is 1. The van der Waals surface area contributed by atoms with Crippen LogP contribution in [0.15, 0.2) is 29.2 Å². The topological polar surface area (TPSA) is 83.9 Å². The van der Waals surface area contributed by atoms with Gasteiger partial charge in [0.25, 0.3) is 5.92 Å². The van der Waals surface area contributed by atoms with Crippen LogP contribution in [0, 0.1) is 0 Å². The first kappa shape index (κ1) is 17.8. The van der Waals surface area contributed by atoms with Crippen molar-refractivity contribution in [3.05, 3.63) is 29.8 Å². The van der Waals surface area contributed by atoms with E-state index in [9.17, 15) is 27.1 Å². The number of rotatable bonds is 4. The van der Waals surface area contributed by atoms with E-state index in [0.29, 0.717) is 11.2 Å². The molecule has 1 fully saturated rings. The largest absolute Gasteiger partial charge is 0.480 e. The monoisotopic (exact) mass is 349 g/mol. The van der Waals surface area contributed by atoms with E-state index >= 15 is 0 Å². The average molecular weight is 349 g/mol. The minimum atomic E-state index is -4.41. The maximum Gasteiger partial charge on any atom is 0.324 e. The van der Waals surface area contributed by atoms with Crippen molar-refractivity contribution in [2.24, 2.45) is 0 Å². The van der Waals surface area contributed by atoms with Crippen molar-refractivity contribution in [1.82, 2.24) is 4.31 Å². The molecule has 9 heteroatoms. The molecule has 6 nitrogen and oxygen atoms in total. The molecule has 2 atom stereocenters. The van der Waals surface area contributed by atoms with Gasteiger partial charge in [-0.1, -0.05) is 18.2 Å². The second-order valence-electron chi connectivity index (χ2n) is 5.36. The summed E-state index contributed by atoms with van der Waals surface area (Å²) in [5.74, 6) is -4.76. The summed E-state index contributed by atoms with van der Waals surface area (Å²) in [5.41, 5.74) is -0.664. The van der Waals surface area contributed by atoms with Crippen LogP contribution < -0.4 is 0 Å². The molecule has 0 unspecified atom stereocenters. The number of hydrogen-bond acceptors (Lipinski definition) is 4. The molecular weight excluding hydrogens is 332 g/mol. The second-order valence-corrected chi connectivity index (χ2v) is 7.22. The van der Waals surface area contributed by atoms with Crippen molar-refractivity contribution in [2.75, 3.05) is 13.2 Å². The number of carboxylic acid groups (broad SMARTS) is 1. The highest BCUT2D eigenvalue weighted by molar-refractivity contribution is 7.89. The van der Waals surface area contributed by atoms with Crippen LogP contribution in [-0.2, 0) is 25.5 Å². The number of sulfonamides is 1. The maximum atomic E-state index is 13.7. The lowest BCUT2D eigenvalue weighted by molar-refractivity contribution is -0.150. The van der Waals surface area contributed by atoms with Gasteiger partial charge in [0.05, 0.1) is 17.6 Å². The molecule has 1 aliphatic rings. The van der Waals surface area contributed by atoms with E-state index in [1.54, 1.807) is 0 Å². The van der Waals surface area contributed by atoms with Gasteiger partial charge in [0.1, 0.15) is 6.04 Å². The van der Waals surface area contributed by atoms with Crippen molar-refractivity contribution < 1.29 is 31.8 Å². The van der Waals surface area contributed by atoms with Crippen LogP contribution in [0.4, 0.5) is 8.78 Å². The maximum absolute atomic E-state index is 13.7. The van der Waals surface area contributed by atoms with Crippen LogP contribution in [0.3, 0.4) is 0 Å². The van der Waals surface area contributed by atoms with Crippen LogP contribution in [0.25, 0.3) is 0 Å². The van der Waals surface area contributed by atoms with Crippen LogP contribution in [-0.4, -0.2) is 49.1 Å². The number of carboxylic acids is 1. The molecule has 1 aromatic rings. The van der Waals surface area contributed by atoms with Crippen LogP contribution in [0.5, 0.6) is 0 Å². The first-order chi connectivity index (χ1) is 10.6.